The van der Waals surface area contributed by atoms with Gasteiger partial charge in [0.15, 0.2) is 6.29 Å². The van der Waals surface area contributed by atoms with Gasteiger partial charge in [0.2, 0.25) is 0 Å². The summed E-state index contributed by atoms with van der Waals surface area (Å²) in [5, 5.41) is 7.54. The molecule has 0 aliphatic rings. The molecule has 5 heteroatoms. The Kier molecular flexibility index (Phi) is 5.45. The molecule has 1 N–H and O–H groups in total. The minimum absolute atomic E-state index is 0.159. The highest BCUT2D eigenvalue weighted by Gasteiger charge is 2.14. The van der Waals surface area contributed by atoms with Crippen molar-refractivity contribution in [3.8, 4) is 0 Å². The van der Waals surface area contributed by atoms with Crippen molar-refractivity contribution in [1.29, 1.82) is 0 Å². The molecule has 16 heavy (non-hydrogen) atoms. The molecule has 0 aromatic carbocycles. The maximum absolute atomic E-state index is 5.16. The molecule has 1 atom stereocenters. The summed E-state index contributed by atoms with van der Waals surface area (Å²) in [6, 6.07) is 0.159. The molecule has 0 spiro atoms. The van der Waals surface area contributed by atoms with E-state index < -0.39 is 0 Å². The quantitative estimate of drug-likeness (QED) is 0.700. The van der Waals surface area contributed by atoms with E-state index >= 15 is 0 Å². The lowest BCUT2D eigenvalue weighted by Crippen LogP contribution is -2.41. The van der Waals surface area contributed by atoms with Crippen LogP contribution in [0.25, 0.3) is 0 Å². The fraction of sp³-hybridized carbons (Fsp3) is 0.727. The van der Waals surface area contributed by atoms with E-state index in [4.69, 9.17) is 9.47 Å². The second kappa shape index (κ2) is 6.62. The van der Waals surface area contributed by atoms with Crippen LogP contribution in [0, 0.1) is 6.92 Å². The maximum atomic E-state index is 5.16. The Balaban J connectivity index is 2.24. The van der Waals surface area contributed by atoms with Gasteiger partial charge in [-0.1, -0.05) is 0 Å². The summed E-state index contributed by atoms with van der Waals surface area (Å²) in [5.74, 6) is 0. The summed E-state index contributed by atoms with van der Waals surface area (Å²) in [6.45, 7) is 5.75. The summed E-state index contributed by atoms with van der Waals surface area (Å²) in [6.07, 6.45) is 3.67. The van der Waals surface area contributed by atoms with Crippen molar-refractivity contribution < 1.29 is 9.47 Å². The van der Waals surface area contributed by atoms with Gasteiger partial charge in [-0.3, -0.25) is 4.68 Å². The van der Waals surface area contributed by atoms with E-state index in [2.05, 4.69) is 10.4 Å². The number of aryl methyl sites for hydroxylation is 1. The minimum Gasteiger partial charge on any atom is -0.354 e. The van der Waals surface area contributed by atoms with Crippen molar-refractivity contribution in [3.05, 3.63) is 18.0 Å². The molecule has 1 rings (SSSR count). The number of aromatic nitrogens is 2. The summed E-state index contributed by atoms with van der Waals surface area (Å²) < 4.78 is 12.2. The zero-order valence-electron chi connectivity index (χ0n) is 10.4. The van der Waals surface area contributed by atoms with Gasteiger partial charge in [0.05, 0.1) is 18.8 Å². The van der Waals surface area contributed by atoms with Crippen molar-refractivity contribution in [2.24, 2.45) is 0 Å². The molecule has 0 saturated carbocycles. The number of nitrogens with one attached hydrogen (secondary N) is 1. The predicted molar refractivity (Wildman–Crippen MR) is 62.2 cm³/mol. The lowest BCUT2D eigenvalue weighted by Gasteiger charge is -2.22. The fourth-order valence-corrected chi connectivity index (χ4v) is 1.60. The molecule has 0 bridgehead atoms. The summed E-state index contributed by atoms with van der Waals surface area (Å²) >= 11 is 0. The van der Waals surface area contributed by atoms with E-state index in [1.54, 1.807) is 14.2 Å². The molecule has 1 aromatic heterocycles. The molecule has 0 aliphatic carbocycles. The first kappa shape index (κ1) is 13.2. The molecular formula is C11H21N3O2. The lowest BCUT2D eigenvalue weighted by molar-refractivity contribution is -0.119. The third kappa shape index (κ3) is 3.92. The monoisotopic (exact) mass is 227 g/mol. The van der Waals surface area contributed by atoms with Gasteiger partial charge in [-0.05, 0) is 19.4 Å². The molecule has 0 saturated heterocycles. The third-order valence-electron chi connectivity index (χ3n) is 2.44. The standard InChI is InChI=1S/C11H21N3O2/c1-9-7-13-14(8-9)6-5-12-10(2)11(15-3)16-4/h7-8,10-12H,5-6H2,1-4H3. The van der Waals surface area contributed by atoms with Crippen molar-refractivity contribution in [3.63, 3.8) is 0 Å². The second-order valence-corrected chi connectivity index (χ2v) is 3.86. The zero-order chi connectivity index (χ0) is 12.0. The van der Waals surface area contributed by atoms with Crippen molar-refractivity contribution in [2.45, 2.75) is 32.7 Å². The molecular weight excluding hydrogens is 206 g/mol. The Labute approximate surface area is 96.7 Å². The van der Waals surface area contributed by atoms with Gasteiger partial charge in [-0.15, -0.1) is 0 Å². The molecule has 0 aliphatic heterocycles. The molecule has 0 fully saturated rings. The van der Waals surface area contributed by atoms with Crippen LogP contribution in [-0.2, 0) is 16.0 Å². The van der Waals surface area contributed by atoms with Gasteiger partial charge < -0.3 is 14.8 Å². The molecule has 1 heterocycles. The SMILES string of the molecule is COC(OC)C(C)NCCn1cc(C)cn1. The Bertz CT molecular complexity index is 297. The summed E-state index contributed by atoms with van der Waals surface area (Å²) in [7, 11) is 3.28. The number of nitrogens with zero attached hydrogens (tertiary/aromatic N) is 2. The van der Waals surface area contributed by atoms with Crippen LogP contribution in [0.4, 0.5) is 0 Å². The first-order valence-electron chi connectivity index (χ1n) is 5.45. The Morgan fingerprint density at radius 2 is 2.12 bits per heavy atom. The van der Waals surface area contributed by atoms with Crippen LogP contribution in [0.1, 0.15) is 12.5 Å². The number of ether oxygens (including phenoxy) is 2. The number of methoxy groups -OCH3 is 2. The van der Waals surface area contributed by atoms with E-state index in [-0.39, 0.29) is 12.3 Å². The van der Waals surface area contributed by atoms with Gasteiger partial charge in [-0.2, -0.15) is 5.10 Å². The molecule has 0 radical (unpaired) electrons. The van der Waals surface area contributed by atoms with Crippen molar-refractivity contribution >= 4 is 0 Å². The second-order valence-electron chi connectivity index (χ2n) is 3.86. The van der Waals surface area contributed by atoms with Crippen LogP contribution in [0.2, 0.25) is 0 Å². The van der Waals surface area contributed by atoms with Gasteiger partial charge in [0.25, 0.3) is 0 Å². The van der Waals surface area contributed by atoms with Crippen LogP contribution in [0.3, 0.4) is 0 Å². The molecule has 5 nitrogen and oxygen atoms in total. The van der Waals surface area contributed by atoms with Gasteiger partial charge >= 0.3 is 0 Å². The minimum atomic E-state index is -0.209. The largest absolute Gasteiger partial charge is 0.354 e. The normalized spacial score (nSPS) is 13.3. The van der Waals surface area contributed by atoms with Gasteiger partial charge in [0, 0.05) is 27.0 Å². The van der Waals surface area contributed by atoms with Crippen LogP contribution >= 0.6 is 0 Å². The summed E-state index contributed by atoms with van der Waals surface area (Å²) in [5.41, 5.74) is 1.18. The topological polar surface area (TPSA) is 48.3 Å². The third-order valence-corrected chi connectivity index (χ3v) is 2.44. The Morgan fingerprint density at radius 1 is 1.44 bits per heavy atom. The van der Waals surface area contributed by atoms with E-state index in [0.29, 0.717) is 0 Å². The van der Waals surface area contributed by atoms with E-state index in [1.165, 1.54) is 5.56 Å². The highest BCUT2D eigenvalue weighted by Crippen LogP contribution is 1.98. The van der Waals surface area contributed by atoms with E-state index in [1.807, 2.05) is 30.9 Å². The smallest absolute Gasteiger partial charge is 0.171 e. The van der Waals surface area contributed by atoms with Crippen LogP contribution in [0.5, 0.6) is 0 Å². The first-order chi connectivity index (χ1) is 7.67. The van der Waals surface area contributed by atoms with Crippen LogP contribution < -0.4 is 5.32 Å². The maximum Gasteiger partial charge on any atom is 0.171 e. The highest BCUT2D eigenvalue weighted by molar-refractivity contribution is 4.99. The number of hydrogen-bond acceptors (Lipinski definition) is 4. The van der Waals surface area contributed by atoms with Gasteiger partial charge in [-0.25, -0.2) is 0 Å². The molecule has 1 unspecified atom stereocenters. The average molecular weight is 227 g/mol. The zero-order valence-corrected chi connectivity index (χ0v) is 10.4. The number of rotatable bonds is 7. The van der Waals surface area contributed by atoms with Crippen molar-refractivity contribution in [1.82, 2.24) is 15.1 Å². The lowest BCUT2D eigenvalue weighted by atomic mass is 10.3. The predicted octanol–water partition coefficient (Wildman–Crippen LogP) is 0.789. The summed E-state index contributed by atoms with van der Waals surface area (Å²) in [4.78, 5) is 0. The number of hydrogen-bond donors (Lipinski definition) is 1. The van der Waals surface area contributed by atoms with Crippen LogP contribution in [-0.4, -0.2) is 42.9 Å². The van der Waals surface area contributed by atoms with Gasteiger partial charge in [0.1, 0.15) is 0 Å². The first-order valence-corrected chi connectivity index (χ1v) is 5.45. The molecule has 1 aromatic rings. The average Bonchev–Trinajstić information content (AvgIpc) is 2.66. The Hall–Kier alpha value is -0.910. The molecule has 92 valence electrons. The highest BCUT2D eigenvalue weighted by atomic mass is 16.7. The fourth-order valence-electron chi connectivity index (χ4n) is 1.60. The van der Waals surface area contributed by atoms with Crippen molar-refractivity contribution in [2.75, 3.05) is 20.8 Å². The van der Waals surface area contributed by atoms with E-state index in [0.717, 1.165) is 13.1 Å². The Morgan fingerprint density at radius 3 is 2.62 bits per heavy atom. The van der Waals surface area contributed by atoms with E-state index in [9.17, 15) is 0 Å². The molecule has 0 amide bonds. The van der Waals surface area contributed by atoms with Crippen LogP contribution in [0.15, 0.2) is 12.4 Å².